The molecule has 3 aromatic carbocycles. The second-order valence-corrected chi connectivity index (χ2v) is 16.7. The number of aliphatic hydroxyl groups excluding tert-OH is 5. The summed E-state index contributed by atoms with van der Waals surface area (Å²) in [5.74, 6) is -4.91. The van der Waals surface area contributed by atoms with E-state index >= 15 is 0 Å². The molecule has 6 aliphatic rings. The van der Waals surface area contributed by atoms with Gasteiger partial charge >= 0.3 is 18.0 Å². The quantitative estimate of drug-likeness (QED) is 0.0863. The van der Waals surface area contributed by atoms with Crippen molar-refractivity contribution in [2.45, 2.75) is 86.6 Å². The number of carbonyl (C=O) groups excluding carboxylic acids is 2. The number of cyclic esters (lactones) is 1. The first kappa shape index (κ1) is 47.0. The van der Waals surface area contributed by atoms with Crippen LogP contribution in [0.2, 0.25) is 0 Å². The molecule has 5 aliphatic heterocycles. The van der Waals surface area contributed by atoms with Crippen LogP contribution in [0, 0.1) is 22.0 Å². The summed E-state index contributed by atoms with van der Waals surface area (Å²) in [6.45, 7) is 1.49. The number of amides is 1. The zero-order valence-corrected chi connectivity index (χ0v) is 36.3. The molecule has 0 aromatic heterocycles. The number of non-ortho nitro benzene ring substituents is 1. The van der Waals surface area contributed by atoms with Crippen LogP contribution in [-0.4, -0.2) is 163 Å². The number of carboxylic acids is 1. The minimum atomic E-state index is -2.05. The molecule has 1 amide bonds. The lowest BCUT2D eigenvalue weighted by molar-refractivity contribution is -0.384. The standard InChI is InChI=1S/C43H46N2O23/c1-15-59-13-27-37(63-15)32(48)34(50)42(65-27)66-35-19-11-24-23(61-14-62-24)10-18(19)28(29-20(35)12-60-40(29)53)16-7-25(57-3)36(26(8-16)58-4)68-43(54)44(2)21-9-17(45(55)56)5-6-22(21)64-41-33(49)30(46)31(47)38(67-41)39(51)52/h5-11,15,20,27-35,37-38,41-42,46-50H,12-14H2,1-4H3,(H,51,52)/t15-,20+,27-,28-,29+,30+,31-,32-,33-,34-,35-,37-,38+,41-,42+/m1/s1. The molecule has 6 N–H and O–H groups in total. The highest BCUT2D eigenvalue weighted by Crippen LogP contribution is 2.57. The molecule has 68 heavy (non-hydrogen) atoms. The zero-order valence-electron chi connectivity index (χ0n) is 36.3. The number of nitro groups is 1. The second-order valence-electron chi connectivity index (χ2n) is 16.7. The minimum Gasteiger partial charge on any atom is -0.493 e. The van der Waals surface area contributed by atoms with Gasteiger partial charge in [-0.3, -0.25) is 19.8 Å². The highest BCUT2D eigenvalue weighted by molar-refractivity contribution is 5.92. The molecule has 0 unspecified atom stereocenters. The lowest BCUT2D eigenvalue weighted by Crippen LogP contribution is -2.63. The van der Waals surface area contributed by atoms with Gasteiger partial charge in [0.1, 0.15) is 48.5 Å². The number of hydrogen-bond acceptors (Lipinski definition) is 22. The number of methoxy groups -OCH3 is 2. The molecular weight excluding hydrogens is 912 g/mol. The van der Waals surface area contributed by atoms with Crippen LogP contribution in [0.25, 0.3) is 0 Å². The lowest BCUT2D eigenvalue weighted by atomic mass is 9.66. The Morgan fingerprint density at radius 1 is 0.809 bits per heavy atom. The van der Waals surface area contributed by atoms with E-state index in [1.165, 1.54) is 26.4 Å². The van der Waals surface area contributed by atoms with Crippen LogP contribution in [0.15, 0.2) is 42.5 Å². The van der Waals surface area contributed by atoms with Crippen molar-refractivity contribution in [2.75, 3.05) is 46.2 Å². The average molecular weight is 959 g/mol. The van der Waals surface area contributed by atoms with E-state index < -0.39 is 120 Å². The van der Waals surface area contributed by atoms with Crippen molar-refractivity contribution >= 4 is 29.4 Å². The molecule has 0 saturated carbocycles. The number of nitro benzene ring substituents is 1. The first-order valence-corrected chi connectivity index (χ1v) is 21.1. The van der Waals surface area contributed by atoms with Crippen LogP contribution in [-0.2, 0) is 38.0 Å². The Morgan fingerprint density at radius 3 is 2.15 bits per heavy atom. The molecule has 9 rings (SSSR count). The number of aliphatic carboxylic acids is 1. The average Bonchev–Trinajstić information content (AvgIpc) is 3.95. The Bertz CT molecular complexity index is 2440. The van der Waals surface area contributed by atoms with Gasteiger partial charge in [-0.2, -0.15) is 0 Å². The summed E-state index contributed by atoms with van der Waals surface area (Å²) in [4.78, 5) is 51.5. The van der Waals surface area contributed by atoms with E-state index in [4.69, 9.17) is 56.8 Å². The fourth-order valence-electron chi connectivity index (χ4n) is 9.33. The summed E-state index contributed by atoms with van der Waals surface area (Å²) in [5.41, 5.74) is 0.550. The first-order valence-electron chi connectivity index (χ1n) is 21.1. The molecule has 4 saturated heterocycles. The van der Waals surface area contributed by atoms with Gasteiger partial charge in [0.05, 0.1) is 50.1 Å². The Balaban J connectivity index is 1.04. The monoisotopic (exact) mass is 958 g/mol. The van der Waals surface area contributed by atoms with Crippen molar-refractivity contribution < 1.29 is 107 Å². The second kappa shape index (κ2) is 18.4. The first-order chi connectivity index (χ1) is 32.5. The smallest absolute Gasteiger partial charge is 0.419 e. The molecule has 25 heteroatoms. The minimum absolute atomic E-state index is 0.0518. The SMILES string of the molecule is COc1cc([C@@H]2c3cc4c(cc3[C@@H](O[C@@H]3O[C@@H]5CO[C@@H](C)O[C@H]5[C@H](O)[C@H]3O)[C@H]3COC(=O)[C@H]23)OCO4)cc(OC)c1OC(=O)N(C)c1cc([N+](=O)[O-])ccc1O[C@@H]1O[C@H](C(=O)O)[C@H](O)[C@H](O)[C@H]1O. The van der Waals surface area contributed by atoms with Gasteiger partial charge < -0.3 is 87.5 Å². The third-order valence-electron chi connectivity index (χ3n) is 12.8. The predicted octanol–water partition coefficient (Wildman–Crippen LogP) is 0.447. The molecule has 0 radical (unpaired) electrons. The molecule has 4 fully saturated rings. The van der Waals surface area contributed by atoms with Crippen molar-refractivity contribution in [3.63, 3.8) is 0 Å². The maximum atomic E-state index is 14.0. The molecular formula is C43H46N2O23. The number of aliphatic hydroxyl groups is 5. The molecule has 366 valence electrons. The van der Waals surface area contributed by atoms with Crippen molar-refractivity contribution in [3.05, 3.63) is 69.3 Å². The van der Waals surface area contributed by atoms with Crippen LogP contribution in [0.3, 0.4) is 0 Å². The van der Waals surface area contributed by atoms with E-state index in [1.54, 1.807) is 19.1 Å². The lowest BCUT2D eigenvalue weighted by Gasteiger charge is -2.47. The molecule has 0 bridgehead atoms. The fraction of sp³-hybridized carbons (Fsp3) is 0.512. The van der Waals surface area contributed by atoms with Gasteiger partial charge in [0.25, 0.3) is 5.69 Å². The summed E-state index contributed by atoms with van der Waals surface area (Å²) >= 11 is 0. The largest absolute Gasteiger partial charge is 0.493 e. The van der Waals surface area contributed by atoms with Gasteiger partial charge in [0.2, 0.25) is 18.8 Å². The third kappa shape index (κ3) is 8.22. The number of ether oxygens (including phenoxy) is 12. The van der Waals surface area contributed by atoms with E-state index in [2.05, 4.69) is 0 Å². The summed E-state index contributed by atoms with van der Waals surface area (Å²) in [6.07, 6.45) is -19.0. The number of fused-ring (bicyclic) bond motifs is 4. The molecule has 1 aliphatic carbocycles. The highest BCUT2D eigenvalue weighted by atomic mass is 16.8. The van der Waals surface area contributed by atoms with Crippen molar-refractivity contribution in [1.82, 2.24) is 0 Å². The number of benzene rings is 3. The summed E-state index contributed by atoms with van der Waals surface area (Å²) in [7, 11) is 3.70. The van der Waals surface area contributed by atoms with Crippen LogP contribution in [0.4, 0.5) is 16.2 Å². The van der Waals surface area contributed by atoms with Crippen LogP contribution in [0.5, 0.6) is 34.5 Å². The van der Waals surface area contributed by atoms with Crippen LogP contribution in [0.1, 0.15) is 35.6 Å². The molecule has 25 nitrogen and oxygen atoms in total. The summed E-state index contributed by atoms with van der Waals surface area (Å²) < 4.78 is 69.3. The fourth-order valence-corrected chi connectivity index (χ4v) is 9.33. The number of esters is 1. The van der Waals surface area contributed by atoms with E-state index in [0.29, 0.717) is 28.2 Å². The van der Waals surface area contributed by atoms with Crippen molar-refractivity contribution in [3.8, 4) is 34.5 Å². The Labute approximate surface area is 384 Å². The van der Waals surface area contributed by atoms with Gasteiger partial charge in [-0.1, -0.05) is 0 Å². The summed E-state index contributed by atoms with van der Waals surface area (Å²) in [5, 5.41) is 74.8. The number of rotatable bonds is 11. The number of carboxylic acid groups (broad SMARTS) is 1. The normalized spacial score (nSPS) is 33.5. The molecule has 5 heterocycles. The van der Waals surface area contributed by atoms with E-state index in [9.17, 15) is 55.1 Å². The summed E-state index contributed by atoms with van der Waals surface area (Å²) in [6, 6.07) is 9.34. The maximum absolute atomic E-state index is 14.0. The zero-order chi connectivity index (χ0) is 48.5. The number of carbonyl (C=O) groups is 3. The van der Waals surface area contributed by atoms with Gasteiger partial charge in [-0.25, -0.2) is 9.59 Å². The number of nitrogens with zero attached hydrogens (tertiary/aromatic N) is 2. The van der Waals surface area contributed by atoms with Crippen LogP contribution >= 0.6 is 0 Å². The van der Waals surface area contributed by atoms with Gasteiger partial charge in [0.15, 0.2) is 41.7 Å². The van der Waals surface area contributed by atoms with E-state index in [-0.39, 0.29) is 48.7 Å². The predicted molar refractivity (Wildman–Crippen MR) is 219 cm³/mol. The van der Waals surface area contributed by atoms with Crippen molar-refractivity contribution in [1.29, 1.82) is 0 Å². The van der Waals surface area contributed by atoms with E-state index in [1.807, 2.05) is 0 Å². The Hall–Kier alpha value is -6.13. The number of hydrogen-bond donors (Lipinski definition) is 6. The molecule has 0 spiro atoms. The van der Waals surface area contributed by atoms with Crippen molar-refractivity contribution in [2.24, 2.45) is 11.8 Å². The Morgan fingerprint density at radius 2 is 1.49 bits per heavy atom. The number of anilines is 1. The topological polar surface area (TPSA) is 330 Å². The third-order valence-corrected chi connectivity index (χ3v) is 12.8. The van der Waals surface area contributed by atoms with E-state index in [0.717, 1.165) is 30.1 Å². The van der Waals surface area contributed by atoms with Gasteiger partial charge in [0, 0.05) is 31.0 Å². The Kier molecular flexibility index (Phi) is 12.7. The highest BCUT2D eigenvalue weighted by Gasteiger charge is 2.56. The van der Waals surface area contributed by atoms with Crippen LogP contribution < -0.4 is 33.3 Å². The molecule has 15 atom stereocenters. The maximum Gasteiger partial charge on any atom is 0.419 e. The van der Waals surface area contributed by atoms with Gasteiger partial charge in [-0.15, -0.1) is 0 Å². The molecule has 3 aromatic rings. The van der Waals surface area contributed by atoms with Gasteiger partial charge in [-0.05, 0) is 53.9 Å².